The molecule has 1 aromatic carbocycles. The molecule has 1 aliphatic rings. The summed E-state index contributed by atoms with van der Waals surface area (Å²) in [4.78, 5) is 0. The van der Waals surface area contributed by atoms with Gasteiger partial charge in [0.05, 0.1) is 19.3 Å². The minimum atomic E-state index is 0.0710. The zero-order valence-electron chi connectivity index (χ0n) is 10.3. The second-order valence-electron chi connectivity index (χ2n) is 4.78. The Hall–Kier alpha value is -0.900. The third-order valence-electron chi connectivity index (χ3n) is 3.47. The van der Waals surface area contributed by atoms with Gasteiger partial charge >= 0.3 is 0 Å². The minimum Gasteiger partial charge on any atom is -0.395 e. The zero-order chi connectivity index (χ0) is 12.1. The predicted octanol–water partition coefficient (Wildman–Crippen LogP) is 1.53. The van der Waals surface area contributed by atoms with Gasteiger partial charge in [-0.05, 0) is 24.3 Å². The van der Waals surface area contributed by atoms with E-state index in [4.69, 9.17) is 9.84 Å². The molecule has 0 heterocycles. The second kappa shape index (κ2) is 6.15. The van der Waals surface area contributed by atoms with E-state index in [2.05, 4.69) is 35.6 Å². The van der Waals surface area contributed by atoms with Crippen LogP contribution >= 0.6 is 0 Å². The number of aliphatic hydroxyl groups is 1. The summed E-state index contributed by atoms with van der Waals surface area (Å²) in [5.74, 6) is 0.676. The molecule has 3 heteroatoms. The first-order chi connectivity index (χ1) is 8.33. The van der Waals surface area contributed by atoms with Crippen LogP contribution in [0.15, 0.2) is 30.3 Å². The number of aliphatic hydroxyl groups excluding tert-OH is 1. The Labute approximate surface area is 103 Å². The Morgan fingerprint density at radius 1 is 1.35 bits per heavy atom. The van der Waals surface area contributed by atoms with Crippen molar-refractivity contribution in [1.82, 2.24) is 5.32 Å². The SMILES string of the molecule is COCC(CO)NC1CC(c2ccccc2)C1. The van der Waals surface area contributed by atoms with Gasteiger partial charge in [0.1, 0.15) is 0 Å². The Bertz CT molecular complexity index is 322. The van der Waals surface area contributed by atoms with Gasteiger partial charge in [0.25, 0.3) is 0 Å². The van der Waals surface area contributed by atoms with Crippen molar-refractivity contribution in [3.8, 4) is 0 Å². The van der Waals surface area contributed by atoms with Crippen LogP contribution in [0.1, 0.15) is 24.3 Å². The van der Waals surface area contributed by atoms with Crippen molar-refractivity contribution in [3.63, 3.8) is 0 Å². The molecule has 1 unspecified atom stereocenters. The molecule has 0 saturated heterocycles. The van der Waals surface area contributed by atoms with Crippen molar-refractivity contribution in [1.29, 1.82) is 0 Å². The topological polar surface area (TPSA) is 41.5 Å². The number of nitrogens with one attached hydrogen (secondary N) is 1. The molecular formula is C14H21NO2. The monoisotopic (exact) mass is 235 g/mol. The molecule has 2 N–H and O–H groups in total. The highest BCUT2D eigenvalue weighted by atomic mass is 16.5. The van der Waals surface area contributed by atoms with E-state index in [0.29, 0.717) is 18.6 Å². The molecule has 0 radical (unpaired) electrons. The van der Waals surface area contributed by atoms with Crippen LogP contribution in [0.3, 0.4) is 0 Å². The smallest absolute Gasteiger partial charge is 0.0638 e. The molecule has 17 heavy (non-hydrogen) atoms. The second-order valence-corrected chi connectivity index (χ2v) is 4.78. The van der Waals surface area contributed by atoms with Crippen LogP contribution in [0.2, 0.25) is 0 Å². The summed E-state index contributed by atoms with van der Waals surface area (Å²) in [6.07, 6.45) is 2.31. The molecule has 0 spiro atoms. The fourth-order valence-electron chi connectivity index (χ4n) is 2.44. The molecule has 3 nitrogen and oxygen atoms in total. The normalized spacial score (nSPS) is 25.3. The highest BCUT2D eigenvalue weighted by molar-refractivity contribution is 5.22. The third kappa shape index (κ3) is 3.28. The van der Waals surface area contributed by atoms with Crippen LogP contribution in [0, 0.1) is 0 Å². The fraction of sp³-hybridized carbons (Fsp3) is 0.571. The fourth-order valence-corrected chi connectivity index (χ4v) is 2.44. The Balaban J connectivity index is 1.75. The van der Waals surface area contributed by atoms with Gasteiger partial charge in [-0.25, -0.2) is 0 Å². The van der Waals surface area contributed by atoms with Crippen LogP contribution in [-0.2, 0) is 4.74 Å². The van der Waals surface area contributed by atoms with E-state index in [1.165, 1.54) is 5.56 Å². The first-order valence-electron chi connectivity index (χ1n) is 6.24. The number of rotatable bonds is 6. The molecule has 1 aromatic rings. The van der Waals surface area contributed by atoms with Crippen LogP contribution in [0.4, 0.5) is 0 Å². The van der Waals surface area contributed by atoms with E-state index in [0.717, 1.165) is 12.8 Å². The van der Waals surface area contributed by atoms with Crippen LogP contribution in [0.25, 0.3) is 0 Å². The van der Waals surface area contributed by atoms with Crippen molar-refractivity contribution in [3.05, 3.63) is 35.9 Å². The summed E-state index contributed by atoms with van der Waals surface area (Å²) in [7, 11) is 1.66. The number of methoxy groups -OCH3 is 1. The quantitative estimate of drug-likeness (QED) is 0.785. The van der Waals surface area contributed by atoms with Gasteiger partial charge in [-0.15, -0.1) is 0 Å². The predicted molar refractivity (Wildman–Crippen MR) is 68.1 cm³/mol. The van der Waals surface area contributed by atoms with Gasteiger partial charge in [0.2, 0.25) is 0 Å². The maximum absolute atomic E-state index is 9.17. The average Bonchev–Trinajstić information content (AvgIpc) is 2.33. The number of hydrogen-bond acceptors (Lipinski definition) is 3. The Morgan fingerprint density at radius 3 is 2.65 bits per heavy atom. The minimum absolute atomic E-state index is 0.0710. The average molecular weight is 235 g/mol. The zero-order valence-corrected chi connectivity index (χ0v) is 10.3. The van der Waals surface area contributed by atoms with Crippen molar-refractivity contribution < 1.29 is 9.84 Å². The van der Waals surface area contributed by atoms with E-state index < -0.39 is 0 Å². The number of ether oxygens (including phenoxy) is 1. The van der Waals surface area contributed by atoms with Gasteiger partial charge < -0.3 is 15.2 Å². The lowest BCUT2D eigenvalue weighted by Crippen LogP contribution is -2.48. The summed E-state index contributed by atoms with van der Waals surface area (Å²) < 4.78 is 5.05. The summed E-state index contributed by atoms with van der Waals surface area (Å²) in [6, 6.07) is 11.2. The molecule has 0 aromatic heterocycles. The maximum Gasteiger partial charge on any atom is 0.0638 e. The van der Waals surface area contributed by atoms with Crippen LogP contribution < -0.4 is 5.32 Å². The number of hydrogen-bond donors (Lipinski definition) is 2. The standard InChI is InChI=1S/C14H21NO2/c1-17-10-14(9-16)15-13-7-12(8-13)11-5-3-2-4-6-11/h2-6,12-16H,7-10H2,1H3. The van der Waals surface area contributed by atoms with Crippen LogP contribution in [-0.4, -0.2) is 37.5 Å². The van der Waals surface area contributed by atoms with Gasteiger partial charge in [0.15, 0.2) is 0 Å². The molecule has 1 fully saturated rings. The number of benzene rings is 1. The molecule has 2 rings (SSSR count). The summed E-state index contributed by atoms with van der Waals surface area (Å²) >= 11 is 0. The van der Waals surface area contributed by atoms with E-state index in [-0.39, 0.29) is 12.6 Å². The Morgan fingerprint density at radius 2 is 2.06 bits per heavy atom. The maximum atomic E-state index is 9.17. The van der Waals surface area contributed by atoms with Crippen molar-refractivity contribution in [2.45, 2.75) is 30.8 Å². The van der Waals surface area contributed by atoms with E-state index >= 15 is 0 Å². The van der Waals surface area contributed by atoms with Crippen molar-refractivity contribution in [2.75, 3.05) is 20.3 Å². The van der Waals surface area contributed by atoms with E-state index in [1.54, 1.807) is 7.11 Å². The van der Waals surface area contributed by atoms with Gasteiger partial charge in [-0.2, -0.15) is 0 Å². The van der Waals surface area contributed by atoms with Gasteiger partial charge in [-0.1, -0.05) is 30.3 Å². The highest BCUT2D eigenvalue weighted by Gasteiger charge is 2.31. The summed E-state index contributed by atoms with van der Waals surface area (Å²) in [5, 5.41) is 12.6. The summed E-state index contributed by atoms with van der Waals surface area (Å²) in [5.41, 5.74) is 1.43. The molecule has 94 valence electrons. The first-order valence-corrected chi connectivity index (χ1v) is 6.24. The molecule has 1 saturated carbocycles. The first kappa shape index (κ1) is 12.6. The summed E-state index contributed by atoms with van der Waals surface area (Å²) in [6.45, 7) is 0.712. The lowest BCUT2D eigenvalue weighted by atomic mass is 9.75. The molecule has 0 amide bonds. The molecule has 1 aliphatic carbocycles. The highest BCUT2D eigenvalue weighted by Crippen LogP contribution is 2.36. The van der Waals surface area contributed by atoms with Crippen molar-refractivity contribution >= 4 is 0 Å². The third-order valence-corrected chi connectivity index (χ3v) is 3.47. The largest absolute Gasteiger partial charge is 0.395 e. The lowest BCUT2D eigenvalue weighted by molar-refractivity contribution is 0.110. The lowest BCUT2D eigenvalue weighted by Gasteiger charge is -2.38. The van der Waals surface area contributed by atoms with Gasteiger partial charge in [0, 0.05) is 13.2 Å². The molecule has 1 atom stereocenters. The van der Waals surface area contributed by atoms with Gasteiger partial charge in [-0.3, -0.25) is 0 Å². The Kier molecular flexibility index (Phi) is 4.54. The van der Waals surface area contributed by atoms with Crippen LogP contribution in [0.5, 0.6) is 0 Å². The molecule has 0 aliphatic heterocycles. The van der Waals surface area contributed by atoms with E-state index in [9.17, 15) is 0 Å². The van der Waals surface area contributed by atoms with Crippen molar-refractivity contribution in [2.24, 2.45) is 0 Å². The molecule has 0 bridgehead atoms. The van der Waals surface area contributed by atoms with E-state index in [1.807, 2.05) is 0 Å². The molecular weight excluding hydrogens is 214 g/mol.